The van der Waals surface area contributed by atoms with E-state index in [-0.39, 0.29) is 0 Å². The van der Waals surface area contributed by atoms with Crippen LogP contribution in [-0.4, -0.2) is 15.9 Å². The Morgan fingerprint density at radius 3 is 1.42 bits per heavy atom. The first-order valence-corrected chi connectivity index (χ1v) is 5.66. The Morgan fingerprint density at radius 1 is 1.00 bits per heavy atom. The van der Waals surface area contributed by atoms with Crippen LogP contribution in [0, 0.1) is 0 Å². The Labute approximate surface area is 99.0 Å². The van der Waals surface area contributed by atoms with E-state index >= 15 is 0 Å². The average molecular weight is 317 g/mol. The van der Waals surface area contributed by atoms with E-state index in [1.807, 2.05) is 0 Å². The lowest BCUT2D eigenvalue weighted by molar-refractivity contribution is 0.500. The van der Waals surface area contributed by atoms with Crippen LogP contribution in [-0.2, 0) is 13.9 Å². The van der Waals surface area contributed by atoms with Crippen LogP contribution >= 0.6 is 69.9 Å². The average Bonchev–Trinajstić information content (AvgIpc) is 1.85. The third-order valence-corrected chi connectivity index (χ3v) is 5.79. The van der Waals surface area contributed by atoms with Gasteiger partial charge in [0.15, 0.2) is 0 Å². The maximum atomic E-state index is 10.8. The Morgan fingerprint density at radius 2 is 1.33 bits per heavy atom. The molecule has 0 aromatic carbocycles. The van der Waals surface area contributed by atoms with Gasteiger partial charge in [-0.3, -0.25) is 0 Å². The lowest BCUT2D eigenvalue weighted by Gasteiger charge is -2.24. The fourth-order valence-corrected chi connectivity index (χ4v) is 2.06. The van der Waals surface area contributed by atoms with E-state index in [2.05, 4.69) is 15.6 Å². The molecule has 74 valence electrons. The minimum atomic E-state index is -4.55. The maximum Gasteiger partial charge on any atom is 0.322 e. The van der Waals surface area contributed by atoms with Crippen molar-refractivity contribution < 1.29 is 12.2 Å². The molecule has 0 saturated carbocycles. The molecule has 3 nitrogen and oxygen atoms in total. The van der Waals surface area contributed by atoms with E-state index in [0.29, 0.717) is 0 Å². The van der Waals surface area contributed by atoms with E-state index in [1.54, 1.807) is 0 Å². The Bertz CT molecular complexity index is 250. The molecular weight excluding hydrogens is 317 g/mol. The second-order valence-electron chi connectivity index (χ2n) is 1.53. The molecule has 10 heteroatoms. The molecule has 0 aromatic rings. The summed E-state index contributed by atoms with van der Waals surface area (Å²) in [6.45, 7) is 0. The van der Waals surface area contributed by atoms with Crippen LogP contribution < -0.4 is 0 Å². The molecule has 0 N–H and O–H groups in total. The van der Waals surface area contributed by atoms with Crippen molar-refractivity contribution in [2.24, 2.45) is 0 Å². The standard InChI is InChI=1S/C2Cl6O3S/c3-1(4,5)2(6,7)12(9,10)11-8. The zero-order valence-corrected chi connectivity index (χ0v) is 10.3. The van der Waals surface area contributed by atoms with Crippen LogP contribution in [0.4, 0.5) is 0 Å². The number of rotatable bonds is 2. The molecule has 0 saturated heterocycles. The first-order valence-electron chi connectivity index (χ1n) is 2.05. The van der Waals surface area contributed by atoms with Gasteiger partial charge in [0.1, 0.15) is 0 Å². The maximum absolute atomic E-state index is 10.8. The number of alkyl halides is 5. The van der Waals surface area contributed by atoms with E-state index in [0.717, 1.165) is 0 Å². The van der Waals surface area contributed by atoms with Crippen molar-refractivity contribution in [3.05, 3.63) is 0 Å². The third kappa shape index (κ3) is 2.58. The van der Waals surface area contributed by atoms with Gasteiger partial charge in [-0.15, -0.1) is 0 Å². The minimum absolute atomic E-state index is 2.47. The van der Waals surface area contributed by atoms with Crippen molar-refractivity contribution in [2.75, 3.05) is 0 Å². The van der Waals surface area contributed by atoms with Crippen LogP contribution in [0.25, 0.3) is 0 Å². The summed E-state index contributed by atoms with van der Waals surface area (Å²) in [5.74, 6) is 0. The number of halogens is 6. The highest BCUT2D eigenvalue weighted by Crippen LogP contribution is 2.50. The third-order valence-electron chi connectivity index (χ3n) is 0.727. The molecule has 0 fully saturated rings. The van der Waals surface area contributed by atoms with Crippen molar-refractivity contribution in [2.45, 2.75) is 7.46 Å². The van der Waals surface area contributed by atoms with Crippen LogP contribution in [0.2, 0.25) is 0 Å². The molecule has 0 atom stereocenters. The monoisotopic (exact) mass is 314 g/mol. The summed E-state index contributed by atoms with van der Waals surface area (Å²) >= 11 is 30.3. The molecule has 0 aliphatic heterocycles. The van der Waals surface area contributed by atoms with Gasteiger partial charge in [-0.25, -0.2) is 0 Å². The molecule has 0 heterocycles. The van der Waals surface area contributed by atoms with Gasteiger partial charge >= 0.3 is 10.1 Å². The second kappa shape index (κ2) is 4.03. The lowest BCUT2D eigenvalue weighted by Crippen LogP contribution is -2.39. The van der Waals surface area contributed by atoms with E-state index < -0.39 is 17.6 Å². The smallest absolute Gasteiger partial charge is 0.195 e. The Kier molecular flexibility index (Phi) is 4.58. The minimum Gasteiger partial charge on any atom is -0.195 e. The highest BCUT2D eigenvalue weighted by atomic mass is 35.6. The highest BCUT2D eigenvalue weighted by molar-refractivity contribution is 7.92. The molecule has 0 aliphatic rings. The van der Waals surface area contributed by atoms with Crippen LogP contribution in [0.3, 0.4) is 0 Å². The fraction of sp³-hybridized carbons (Fsp3) is 1.00. The van der Waals surface area contributed by atoms with Crippen molar-refractivity contribution >= 4 is 80.0 Å². The van der Waals surface area contributed by atoms with Crippen molar-refractivity contribution in [3.63, 3.8) is 0 Å². The van der Waals surface area contributed by atoms with E-state index in [4.69, 9.17) is 58.0 Å². The molecule has 0 amide bonds. The highest BCUT2D eigenvalue weighted by Gasteiger charge is 2.57. The van der Waals surface area contributed by atoms with Gasteiger partial charge in [-0.05, 0) is 0 Å². The molecule has 12 heavy (non-hydrogen) atoms. The summed E-state index contributed by atoms with van der Waals surface area (Å²) in [4.78, 5) is 0. The van der Waals surface area contributed by atoms with Gasteiger partial charge < -0.3 is 0 Å². The molecule has 0 unspecified atom stereocenters. The first-order chi connectivity index (χ1) is 5.06. The molecule has 0 radical (unpaired) electrons. The molecule has 0 bridgehead atoms. The van der Waals surface area contributed by atoms with Gasteiger partial charge in [0.25, 0.3) is 3.67 Å². The molecule has 0 aromatic heterocycles. The largest absolute Gasteiger partial charge is 0.322 e. The quantitative estimate of drug-likeness (QED) is 0.736. The van der Waals surface area contributed by atoms with Crippen molar-refractivity contribution in [1.82, 2.24) is 0 Å². The fourth-order valence-electron chi connectivity index (χ4n) is 0.181. The summed E-state index contributed by atoms with van der Waals surface area (Å²) in [6, 6.07) is 0. The summed E-state index contributed by atoms with van der Waals surface area (Å²) in [5, 5.41) is 0. The summed E-state index contributed by atoms with van der Waals surface area (Å²) in [5.41, 5.74) is 0. The van der Waals surface area contributed by atoms with Gasteiger partial charge in [0, 0.05) is 0 Å². The zero-order chi connectivity index (χ0) is 10.2. The normalized spacial score (nSPS) is 14.8. The Hall–Kier alpha value is 1.65. The molecule has 0 spiro atoms. The van der Waals surface area contributed by atoms with Crippen LogP contribution in [0.1, 0.15) is 0 Å². The van der Waals surface area contributed by atoms with Gasteiger partial charge in [-0.1, -0.05) is 58.0 Å². The number of hydrogen-bond acceptors (Lipinski definition) is 3. The molecular formula is C2Cl6O3S. The lowest BCUT2D eigenvalue weighted by atomic mass is 10.9. The van der Waals surface area contributed by atoms with Crippen molar-refractivity contribution in [1.29, 1.82) is 0 Å². The van der Waals surface area contributed by atoms with Gasteiger partial charge in [-0.2, -0.15) is 12.2 Å². The van der Waals surface area contributed by atoms with Gasteiger partial charge in [0.05, 0.1) is 11.9 Å². The first kappa shape index (κ1) is 13.7. The van der Waals surface area contributed by atoms with Crippen LogP contribution in [0.5, 0.6) is 0 Å². The van der Waals surface area contributed by atoms with E-state index in [1.165, 1.54) is 0 Å². The molecule has 0 rings (SSSR count). The zero-order valence-electron chi connectivity index (χ0n) is 4.90. The summed E-state index contributed by atoms with van der Waals surface area (Å²) in [7, 11) is -4.55. The Balaban J connectivity index is 5.14. The summed E-state index contributed by atoms with van der Waals surface area (Å²) < 4.78 is 19.8. The predicted molar refractivity (Wildman–Crippen MR) is 50.6 cm³/mol. The number of hydrogen-bond donors (Lipinski definition) is 0. The summed E-state index contributed by atoms with van der Waals surface area (Å²) in [6.07, 6.45) is 0. The van der Waals surface area contributed by atoms with E-state index in [9.17, 15) is 8.42 Å². The van der Waals surface area contributed by atoms with Crippen LogP contribution in [0.15, 0.2) is 0 Å². The van der Waals surface area contributed by atoms with Gasteiger partial charge in [0.2, 0.25) is 3.79 Å². The van der Waals surface area contributed by atoms with Crippen molar-refractivity contribution in [3.8, 4) is 0 Å². The topological polar surface area (TPSA) is 43.4 Å². The SMILES string of the molecule is O=S(=O)(OCl)C(Cl)(Cl)C(Cl)(Cl)Cl. The predicted octanol–water partition coefficient (Wildman–Crippen LogP) is 2.99. The second-order valence-corrected chi connectivity index (χ2v) is 7.61. The molecule has 0 aliphatic carbocycles.